The second-order valence-electron chi connectivity index (χ2n) is 6.01. The second kappa shape index (κ2) is 4.85. The number of carbonyl (C=O) groups is 1. The maximum atomic E-state index is 12.2. The summed E-state index contributed by atoms with van der Waals surface area (Å²) in [5.74, 6) is 0. The number of fused-ring (bicyclic) bond motifs is 1. The number of aliphatic hydroxyl groups is 1. The monoisotopic (exact) mass is 263 g/mol. The van der Waals surface area contributed by atoms with E-state index in [2.05, 4.69) is 0 Å². The summed E-state index contributed by atoms with van der Waals surface area (Å²) in [5, 5.41) is 9.57. The molecule has 0 bridgehead atoms. The van der Waals surface area contributed by atoms with Crippen molar-refractivity contribution in [3.63, 3.8) is 0 Å². The Bertz CT molecular complexity index is 491. The maximum Gasteiger partial charge on any atom is 0.411 e. The molecule has 0 spiro atoms. The van der Waals surface area contributed by atoms with Crippen LogP contribution in [0.25, 0.3) is 0 Å². The molecule has 1 atom stereocenters. The fourth-order valence-electron chi connectivity index (χ4n) is 2.34. The van der Waals surface area contributed by atoms with Crippen LogP contribution in [0.3, 0.4) is 0 Å². The van der Waals surface area contributed by atoms with Crippen LogP contribution in [0.5, 0.6) is 0 Å². The van der Waals surface area contributed by atoms with E-state index in [0.717, 1.165) is 16.7 Å². The van der Waals surface area contributed by atoms with Gasteiger partial charge in [-0.3, -0.25) is 4.90 Å². The average molecular weight is 263 g/mol. The molecule has 104 valence electrons. The topological polar surface area (TPSA) is 49.8 Å². The van der Waals surface area contributed by atoms with E-state index in [1.807, 2.05) is 45.9 Å². The van der Waals surface area contributed by atoms with Crippen molar-refractivity contribution in [1.29, 1.82) is 0 Å². The molecule has 0 radical (unpaired) electrons. The molecule has 1 aromatic carbocycles. The Morgan fingerprint density at radius 2 is 2.16 bits per heavy atom. The van der Waals surface area contributed by atoms with Crippen LogP contribution < -0.4 is 0 Å². The van der Waals surface area contributed by atoms with Crippen molar-refractivity contribution < 1.29 is 14.6 Å². The fraction of sp³-hybridized carbons (Fsp3) is 0.533. The Balaban J connectivity index is 2.24. The largest absolute Gasteiger partial charge is 0.444 e. The zero-order valence-corrected chi connectivity index (χ0v) is 11.9. The quantitative estimate of drug-likeness (QED) is 0.847. The van der Waals surface area contributed by atoms with E-state index < -0.39 is 5.60 Å². The van der Waals surface area contributed by atoms with Crippen molar-refractivity contribution >= 4 is 6.09 Å². The lowest BCUT2D eigenvalue weighted by atomic mass is 10.0. The first-order chi connectivity index (χ1) is 8.81. The Morgan fingerprint density at radius 1 is 1.47 bits per heavy atom. The number of hydrogen-bond acceptors (Lipinski definition) is 3. The highest BCUT2D eigenvalue weighted by Gasteiger charge is 2.35. The second-order valence-corrected chi connectivity index (χ2v) is 6.01. The summed E-state index contributed by atoms with van der Waals surface area (Å²) in [6.45, 7) is 7.93. The zero-order valence-electron chi connectivity index (χ0n) is 11.9. The van der Waals surface area contributed by atoms with Gasteiger partial charge in [-0.15, -0.1) is 0 Å². The van der Waals surface area contributed by atoms with Gasteiger partial charge in [0.15, 0.2) is 0 Å². The van der Waals surface area contributed by atoms with E-state index in [0.29, 0.717) is 6.54 Å². The maximum absolute atomic E-state index is 12.2. The molecule has 1 amide bonds. The fourth-order valence-corrected chi connectivity index (χ4v) is 2.34. The molecule has 0 aromatic heterocycles. The molecule has 0 fully saturated rings. The van der Waals surface area contributed by atoms with Gasteiger partial charge in [-0.05, 0) is 38.8 Å². The van der Waals surface area contributed by atoms with Crippen LogP contribution in [0.15, 0.2) is 18.2 Å². The normalized spacial score (nSPS) is 18.4. The number of amides is 1. The van der Waals surface area contributed by atoms with Crippen molar-refractivity contribution in [2.45, 2.75) is 45.9 Å². The van der Waals surface area contributed by atoms with E-state index in [4.69, 9.17) is 4.74 Å². The SMILES string of the molecule is Cc1ccc2c(c1)C(CO)N(C(=O)OC(C)(C)C)C2. The molecular formula is C15H21NO3. The minimum absolute atomic E-state index is 0.0876. The van der Waals surface area contributed by atoms with Crippen LogP contribution >= 0.6 is 0 Å². The first-order valence-electron chi connectivity index (χ1n) is 6.52. The summed E-state index contributed by atoms with van der Waals surface area (Å²) in [7, 11) is 0. The molecule has 1 heterocycles. The Morgan fingerprint density at radius 3 is 2.74 bits per heavy atom. The smallest absolute Gasteiger partial charge is 0.411 e. The van der Waals surface area contributed by atoms with Crippen LogP contribution in [0.1, 0.15) is 43.5 Å². The lowest BCUT2D eigenvalue weighted by Crippen LogP contribution is -2.36. The van der Waals surface area contributed by atoms with E-state index >= 15 is 0 Å². The number of aryl methyl sites for hydroxylation is 1. The summed E-state index contributed by atoms with van der Waals surface area (Å²) in [6.07, 6.45) is -0.375. The molecule has 1 N–H and O–H groups in total. The molecule has 0 saturated heterocycles. The van der Waals surface area contributed by atoms with Crippen LogP contribution in [-0.2, 0) is 11.3 Å². The van der Waals surface area contributed by atoms with Gasteiger partial charge in [0.1, 0.15) is 5.60 Å². The molecule has 1 unspecified atom stereocenters. The Kier molecular flexibility index (Phi) is 3.54. The van der Waals surface area contributed by atoms with Gasteiger partial charge in [-0.1, -0.05) is 23.8 Å². The van der Waals surface area contributed by atoms with Gasteiger partial charge in [0.2, 0.25) is 0 Å². The Labute approximate surface area is 114 Å². The molecule has 2 rings (SSSR count). The third-order valence-electron chi connectivity index (χ3n) is 3.18. The molecule has 4 heteroatoms. The van der Waals surface area contributed by atoms with Gasteiger partial charge in [-0.2, -0.15) is 0 Å². The predicted molar refractivity (Wildman–Crippen MR) is 72.8 cm³/mol. The molecule has 19 heavy (non-hydrogen) atoms. The van der Waals surface area contributed by atoms with Gasteiger partial charge in [0, 0.05) is 0 Å². The highest BCUT2D eigenvalue weighted by atomic mass is 16.6. The first-order valence-corrected chi connectivity index (χ1v) is 6.52. The van der Waals surface area contributed by atoms with E-state index in [1.165, 1.54) is 0 Å². The number of benzene rings is 1. The number of carbonyl (C=O) groups excluding carboxylic acids is 1. The van der Waals surface area contributed by atoms with E-state index in [9.17, 15) is 9.90 Å². The third kappa shape index (κ3) is 2.89. The lowest BCUT2D eigenvalue weighted by Gasteiger charge is -2.28. The number of ether oxygens (including phenoxy) is 1. The number of aliphatic hydroxyl groups excluding tert-OH is 1. The van der Waals surface area contributed by atoms with E-state index in [1.54, 1.807) is 4.90 Å². The minimum Gasteiger partial charge on any atom is -0.444 e. The summed E-state index contributed by atoms with van der Waals surface area (Å²) >= 11 is 0. The summed E-state index contributed by atoms with van der Waals surface area (Å²) in [6, 6.07) is 5.76. The van der Waals surface area contributed by atoms with Crippen molar-refractivity contribution in [1.82, 2.24) is 4.90 Å². The first kappa shape index (κ1) is 13.9. The van der Waals surface area contributed by atoms with Crippen LogP contribution in [0, 0.1) is 6.92 Å². The van der Waals surface area contributed by atoms with Gasteiger partial charge in [0.25, 0.3) is 0 Å². The lowest BCUT2D eigenvalue weighted by molar-refractivity contribution is 0.0111. The molecular weight excluding hydrogens is 242 g/mol. The zero-order chi connectivity index (χ0) is 14.2. The van der Waals surface area contributed by atoms with Gasteiger partial charge in [-0.25, -0.2) is 4.79 Å². The third-order valence-corrected chi connectivity index (χ3v) is 3.18. The van der Waals surface area contributed by atoms with E-state index in [-0.39, 0.29) is 18.7 Å². The molecule has 1 aliphatic rings. The van der Waals surface area contributed by atoms with Gasteiger partial charge < -0.3 is 9.84 Å². The molecule has 1 aromatic rings. The van der Waals surface area contributed by atoms with Crippen LogP contribution in [-0.4, -0.2) is 28.3 Å². The molecule has 4 nitrogen and oxygen atoms in total. The van der Waals surface area contributed by atoms with Crippen molar-refractivity contribution in [2.75, 3.05) is 6.61 Å². The minimum atomic E-state index is -0.526. The highest BCUT2D eigenvalue weighted by molar-refractivity contribution is 5.70. The summed E-state index contributed by atoms with van der Waals surface area (Å²) in [4.78, 5) is 13.8. The molecule has 0 saturated carbocycles. The average Bonchev–Trinajstić information content (AvgIpc) is 2.64. The number of rotatable bonds is 1. The summed E-state index contributed by atoms with van der Waals surface area (Å²) in [5.41, 5.74) is 2.70. The Hall–Kier alpha value is -1.55. The van der Waals surface area contributed by atoms with Gasteiger partial charge >= 0.3 is 6.09 Å². The highest BCUT2D eigenvalue weighted by Crippen LogP contribution is 2.34. The molecule has 0 aliphatic carbocycles. The standard InChI is InChI=1S/C15H21NO3/c1-10-5-6-11-8-16(13(9-17)12(11)7-10)14(18)19-15(2,3)4/h5-7,13,17H,8-9H2,1-4H3. The number of hydrogen-bond donors (Lipinski definition) is 1. The number of nitrogens with zero attached hydrogens (tertiary/aromatic N) is 1. The van der Waals surface area contributed by atoms with Crippen molar-refractivity contribution in [3.05, 3.63) is 34.9 Å². The van der Waals surface area contributed by atoms with Crippen LogP contribution in [0.2, 0.25) is 0 Å². The summed E-state index contributed by atoms with van der Waals surface area (Å²) < 4.78 is 5.39. The van der Waals surface area contributed by atoms with Crippen LogP contribution in [0.4, 0.5) is 4.79 Å². The van der Waals surface area contributed by atoms with Crippen molar-refractivity contribution in [2.24, 2.45) is 0 Å². The van der Waals surface area contributed by atoms with Crippen molar-refractivity contribution in [3.8, 4) is 0 Å². The van der Waals surface area contributed by atoms with Gasteiger partial charge in [0.05, 0.1) is 19.2 Å². The molecule has 1 aliphatic heterocycles. The predicted octanol–water partition coefficient (Wildman–Crippen LogP) is 2.78.